The van der Waals surface area contributed by atoms with E-state index in [4.69, 9.17) is 9.15 Å². The third-order valence-corrected chi connectivity index (χ3v) is 2.67. The largest absolute Gasteiger partial charge is 0.465 e. The number of hydrogen-bond acceptors (Lipinski definition) is 4. The van der Waals surface area contributed by atoms with Gasteiger partial charge < -0.3 is 9.15 Å². The van der Waals surface area contributed by atoms with Crippen molar-refractivity contribution in [1.82, 2.24) is 0 Å². The summed E-state index contributed by atoms with van der Waals surface area (Å²) in [7, 11) is 0. The highest BCUT2D eigenvalue weighted by Crippen LogP contribution is 2.12. The fraction of sp³-hybridized carbons (Fsp3) is 0.375. The molecular formula is C16H20O4. The van der Waals surface area contributed by atoms with E-state index in [1.807, 2.05) is 20.8 Å². The summed E-state index contributed by atoms with van der Waals surface area (Å²) in [6.45, 7) is 7.51. The Morgan fingerprint density at radius 1 is 1.35 bits per heavy atom. The van der Waals surface area contributed by atoms with E-state index in [9.17, 15) is 9.59 Å². The molecule has 0 bridgehead atoms. The summed E-state index contributed by atoms with van der Waals surface area (Å²) in [5, 5.41) is 0. The summed E-state index contributed by atoms with van der Waals surface area (Å²) in [5.74, 6) is -0.311. The van der Waals surface area contributed by atoms with Gasteiger partial charge in [0, 0.05) is 12.1 Å². The van der Waals surface area contributed by atoms with E-state index in [-0.39, 0.29) is 11.2 Å². The van der Waals surface area contributed by atoms with Gasteiger partial charge in [-0.1, -0.05) is 17.2 Å². The van der Waals surface area contributed by atoms with Gasteiger partial charge in [-0.2, -0.15) is 0 Å². The Morgan fingerprint density at radius 3 is 2.65 bits per heavy atom. The van der Waals surface area contributed by atoms with Crippen LogP contribution in [-0.4, -0.2) is 5.97 Å². The van der Waals surface area contributed by atoms with Crippen molar-refractivity contribution in [1.29, 1.82) is 0 Å². The van der Waals surface area contributed by atoms with E-state index < -0.39 is 5.97 Å². The Hall–Kier alpha value is -2.10. The van der Waals surface area contributed by atoms with Gasteiger partial charge in [-0.25, -0.2) is 4.79 Å². The molecule has 0 fully saturated rings. The van der Waals surface area contributed by atoms with Crippen LogP contribution >= 0.6 is 0 Å². The van der Waals surface area contributed by atoms with Gasteiger partial charge in [0.25, 0.3) is 0 Å². The van der Waals surface area contributed by atoms with Crippen molar-refractivity contribution < 1.29 is 13.9 Å². The molecule has 0 radical (unpaired) electrons. The zero-order chi connectivity index (χ0) is 15.1. The Balaban J connectivity index is 2.67. The van der Waals surface area contributed by atoms with Crippen LogP contribution in [0.2, 0.25) is 0 Å². The third-order valence-electron chi connectivity index (χ3n) is 2.67. The zero-order valence-corrected chi connectivity index (χ0v) is 12.4. The van der Waals surface area contributed by atoms with E-state index in [0.29, 0.717) is 5.76 Å². The summed E-state index contributed by atoms with van der Waals surface area (Å²) in [6, 6.07) is 1.22. The molecule has 20 heavy (non-hydrogen) atoms. The predicted molar refractivity (Wildman–Crippen MR) is 77.8 cm³/mol. The van der Waals surface area contributed by atoms with E-state index in [1.54, 1.807) is 6.92 Å². The fourth-order valence-electron chi connectivity index (χ4n) is 1.61. The van der Waals surface area contributed by atoms with Gasteiger partial charge in [-0.15, -0.1) is 0 Å². The Bertz CT molecular complexity index is 587. The molecule has 0 atom stereocenters. The van der Waals surface area contributed by atoms with Gasteiger partial charge in [0.05, 0.1) is 6.26 Å². The van der Waals surface area contributed by atoms with Crippen molar-refractivity contribution in [3.8, 4) is 5.75 Å². The van der Waals surface area contributed by atoms with Gasteiger partial charge >= 0.3 is 5.97 Å². The highest BCUT2D eigenvalue weighted by atomic mass is 16.5. The number of hydrogen-bond donors (Lipinski definition) is 0. The molecule has 0 aliphatic heterocycles. The molecule has 1 rings (SSSR count). The summed E-state index contributed by atoms with van der Waals surface area (Å²) in [5.41, 5.74) is 1.79. The quantitative estimate of drug-likeness (QED) is 0.469. The van der Waals surface area contributed by atoms with E-state index in [2.05, 4.69) is 6.08 Å². The van der Waals surface area contributed by atoms with E-state index in [0.717, 1.165) is 18.4 Å². The zero-order valence-electron chi connectivity index (χ0n) is 12.4. The molecule has 108 valence electrons. The smallest absolute Gasteiger partial charge is 0.336 e. The van der Waals surface area contributed by atoms with Crippen LogP contribution in [0.1, 0.15) is 39.4 Å². The van der Waals surface area contributed by atoms with Crippen molar-refractivity contribution in [3.63, 3.8) is 0 Å². The van der Waals surface area contributed by atoms with Crippen molar-refractivity contribution >= 4 is 5.97 Å². The molecule has 4 heteroatoms. The second-order valence-electron chi connectivity index (χ2n) is 4.90. The topological polar surface area (TPSA) is 56.5 Å². The number of aryl methyl sites for hydroxylation is 1. The maximum absolute atomic E-state index is 11.7. The Morgan fingerprint density at radius 2 is 2.05 bits per heavy atom. The van der Waals surface area contributed by atoms with Gasteiger partial charge in [0.2, 0.25) is 11.2 Å². The molecule has 0 amide bonds. The molecule has 0 aliphatic carbocycles. The highest BCUT2D eigenvalue weighted by molar-refractivity contribution is 5.84. The summed E-state index contributed by atoms with van der Waals surface area (Å²) in [6.07, 6.45) is 6.45. The van der Waals surface area contributed by atoms with Gasteiger partial charge in [0.15, 0.2) is 0 Å². The van der Waals surface area contributed by atoms with Crippen LogP contribution in [0.25, 0.3) is 0 Å². The standard InChI is InChI=1S/C16H20O4/c1-11(2)6-5-7-12(3)10-15(18)20-16-13(4)19-9-8-14(16)17/h6,8-10H,5,7H2,1-4H3/b12-10+. The molecule has 4 nitrogen and oxygen atoms in total. The van der Waals surface area contributed by atoms with Crippen LogP contribution in [0.4, 0.5) is 0 Å². The lowest BCUT2D eigenvalue weighted by Gasteiger charge is -2.03. The molecular weight excluding hydrogens is 256 g/mol. The van der Waals surface area contributed by atoms with Crippen LogP contribution in [0.15, 0.2) is 44.8 Å². The summed E-state index contributed by atoms with van der Waals surface area (Å²) in [4.78, 5) is 23.3. The Labute approximate surface area is 118 Å². The molecule has 1 heterocycles. The van der Waals surface area contributed by atoms with E-state index in [1.165, 1.54) is 24.0 Å². The van der Waals surface area contributed by atoms with Crippen LogP contribution in [-0.2, 0) is 4.79 Å². The number of carbonyl (C=O) groups excluding carboxylic acids is 1. The lowest BCUT2D eigenvalue weighted by Crippen LogP contribution is -2.13. The molecule has 0 saturated carbocycles. The maximum atomic E-state index is 11.7. The lowest BCUT2D eigenvalue weighted by atomic mass is 10.1. The molecule has 1 aromatic rings. The first-order valence-corrected chi connectivity index (χ1v) is 6.51. The molecule has 0 aliphatic rings. The minimum Gasteiger partial charge on any atom is -0.465 e. The van der Waals surface area contributed by atoms with Crippen LogP contribution in [0.5, 0.6) is 5.75 Å². The minimum absolute atomic E-state index is 0.0501. The van der Waals surface area contributed by atoms with Gasteiger partial charge in [0.1, 0.15) is 5.76 Å². The molecule has 0 saturated heterocycles. The molecule has 0 unspecified atom stereocenters. The average molecular weight is 276 g/mol. The first kappa shape index (κ1) is 16.0. The number of rotatable bonds is 5. The summed E-state index contributed by atoms with van der Waals surface area (Å²) < 4.78 is 10.1. The molecule has 1 aromatic heterocycles. The average Bonchev–Trinajstić information content (AvgIpc) is 2.33. The van der Waals surface area contributed by atoms with Gasteiger partial charge in [-0.05, 0) is 40.5 Å². The second kappa shape index (κ2) is 7.48. The van der Waals surface area contributed by atoms with Crippen LogP contribution < -0.4 is 10.2 Å². The van der Waals surface area contributed by atoms with Crippen molar-refractivity contribution in [2.75, 3.05) is 0 Å². The highest BCUT2D eigenvalue weighted by Gasteiger charge is 2.10. The molecule has 0 aromatic carbocycles. The normalized spacial score (nSPS) is 11.1. The molecule has 0 spiro atoms. The number of allylic oxidation sites excluding steroid dienone is 3. The molecule has 0 N–H and O–H groups in total. The number of ether oxygens (including phenoxy) is 1. The predicted octanol–water partition coefficient (Wildman–Crippen LogP) is 3.55. The van der Waals surface area contributed by atoms with Crippen molar-refractivity contribution in [3.05, 3.63) is 51.6 Å². The SMILES string of the molecule is CC(C)=CCC/C(C)=C/C(=O)Oc1c(C)occc1=O. The first-order valence-electron chi connectivity index (χ1n) is 6.51. The van der Waals surface area contributed by atoms with Crippen molar-refractivity contribution in [2.45, 2.75) is 40.5 Å². The Kier molecular flexibility index (Phi) is 5.97. The monoisotopic (exact) mass is 276 g/mol. The third kappa shape index (κ3) is 5.26. The number of esters is 1. The minimum atomic E-state index is -0.554. The maximum Gasteiger partial charge on any atom is 0.336 e. The number of carbonyl (C=O) groups is 1. The van der Waals surface area contributed by atoms with Gasteiger partial charge in [-0.3, -0.25) is 4.79 Å². The fourth-order valence-corrected chi connectivity index (χ4v) is 1.61. The van der Waals surface area contributed by atoms with E-state index >= 15 is 0 Å². The lowest BCUT2D eigenvalue weighted by molar-refractivity contribution is -0.129. The van der Waals surface area contributed by atoms with Crippen LogP contribution in [0, 0.1) is 6.92 Å². The van der Waals surface area contributed by atoms with Crippen LogP contribution in [0.3, 0.4) is 0 Å². The van der Waals surface area contributed by atoms with Crippen molar-refractivity contribution in [2.24, 2.45) is 0 Å². The summed E-state index contributed by atoms with van der Waals surface area (Å²) >= 11 is 0. The first-order chi connectivity index (χ1) is 9.40. The second-order valence-corrected chi connectivity index (χ2v) is 4.90.